The fraction of sp³-hybridized carbons (Fsp3) is 0.429. The first kappa shape index (κ1) is 14.1. The average molecular weight is 277 g/mol. The Labute approximate surface area is 118 Å². The predicted molar refractivity (Wildman–Crippen MR) is 77.0 cm³/mol. The van der Waals surface area contributed by atoms with E-state index in [2.05, 4.69) is 41.4 Å². The van der Waals surface area contributed by atoms with E-state index in [-0.39, 0.29) is 0 Å². The minimum atomic E-state index is 0.649. The summed E-state index contributed by atoms with van der Waals surface area (Å²) in [6, 6.07) is 8.32. The molecule has 0 fully saturated rings. The van der Waals surface area contributed by atoms with Crippen LogP contribution in [-0.4, -0.2) is 16.7 Å². The molecular weight excluding hydrogens is 258 g/mol. The van der Waals surface area contributed by atoms with Gasteiger partial charge in [0.1, 0.15) is 0 Å². The van der Waals surface area contributed by atoms with Crippen molar-refractivity contribution in [1.29, 1.82) is 0 Å². The highest BCUT2D eigenvalue weighted by molar-refractivity contribution is 7.98. The van der Waals surface area contributed by atoms with Crippen LogP contribution in [0.4, 0.5) is 0 Å². The molecule has 0 saturated heterocycles. The van der Waals surface area contributed by atoms with Crippen LogP contribution in [0, 0.1) is 6.92 Å². The molecule has 0 radical (unpaired) electrons. The maximum absolute atomic E-state index is 5.19. The van der Waals surface area contributed by atoms with Gasteiger partial charge < -0.3 is 9.84 Å². The van der Waals surface area contributed by atoms with Crippen molar-refractivity contribution in [3.63, 3.8) is 0 Å². The number of nitrogens with zero attached hydrogens (tertiary/aromatic N) is 2. The summed E-state index contributed by atoms with van der Waals surface area (Å²) in [5.41, 5.74) is 1.28. The van der Waals surface area contributed by atoms with Crippen molar-refractivity contribution in [2.24, 2.45) is 0 Å². The van der Waals surface area contributed by atoms with Crippen molar-refractivity contribution in [3.8, 4) is 0 Å². The number of thioether (sulfide) groups is 1. The Kier molecular flexibility index (Phi) is 5.42. The molecule has 0 bridgehead atoms. The molecule has 0 aliphatic carbocycles. The van der Waals surface area contributed by atoms with Gasteiger partial charge >= 0.3 is 0 Å². The zero-order valence-corrected chi connectivity index (χ0v) is 12.2. The molecule has 0 spiro atoms. The molecule has 5 heteroatoms. The fourth-order valence-electron chi connectivity index (χ4n) is 1.65. The maximum atomic E-state index is 5.19. The van der Waals surface area contributed by atoms with Crippen LogP contribution >= 0.6 is 11.8 Å². The monoisotopic (exact) mass is 277 g/mol. The van der Waals surface area contributed by atoms with E-state index in [1.807, 2.05) is 12.1 Å². The topological polar surface area (TPSA) is 51.0 Å². The quantitative estimate of drug-likeness (QED) is 0.622. The number of benzene rings is 1. The largest absolute Gasteiger partial charge is 0.338 e. The van der Waals surface area contributed by atoms with Crippen LogP contribution < -0.4 is 5.32 Å². The summed E-state index contributed by atoms with van der Waals surface area (Å²) in [7, 11) is 0. The Bertz CT molecular complexity index is 513. The highest BCUT2D eigenvalue weighted by atomic mass is 32.2. The number of hydrogen-bond donors (Lipinski definition) is 1. The van der Waals surface area contributed by atoms with E-state index in [0.29, 0.717) is 12.4 Å². The van der Waals surface area contributed by atoms with Gasteiger partial charge in [0.25, 0.3) is 0 Å². The minimum Gasteiger partial charge on any atom is -0.338 e. The summed E-state index contributed by atoms with van der Waals surface area (Å²) in [5, 5.41) is 7.24. The van der Waals surface area contributed by atoms with E-state index in [0.717, 1.165) is 24.5 Å². The van der Waals surface area contributed by atoms with E-state index in [9.17, 15) is 0 Å². The van der Waals surface area contributed by atoms with Gasteiger partial charge in [-0.3, -0.25) is 0 Å². The lowest BCUT2D eigenvalue weighted by atomic mass is 10.2. The molecule has 0 aliphatic rings. The van der Waals surface area contributed by atoms with Crippen LogP contribution in [0.2, 0.25) is 0 Å². The number of nitrogens with one attached hydrogen (secondary N) is 1. The molecule has 0 atom stereocenters. The minimum absolute atomic E-state index is 0.649. The zero-order chi connectivity index (χ0) is 13.5. The van der Waals surface area contributed by atoms with E-state index in [4.69, 9.17) is 4.52 Å². The molecule has 0 amide bonds. The SMILES string of the molecule is CCCNCc1nc(CSc2ccccc2C)no1. The molecule has 0 aliphatic heterocycles. The Balaban J connectivity index is 1.85. The van der Waals surface area contributed by atoms with Crippen LogP contribution in [0.1, 0.15) is 30.6 Å². The van der Waals surface area contributed by atoms with Gasteiger partial charge in [-0.15, -0.1) is 11.8 Å². The normalized spacial score (nSPS) is 10.8. The van der Waals surface area contributed by atoms with Gasteiger partial charge in [-0.1, -0.05) is 30.3 Å². The molecule has 1 N–H and O–H groups in total. The highest BCUT2D eigenvalue weighted by Gasteiger charge is 2.07. The Hall–Kier alpha value is -1.33. The molecule has 0 unspecified atom stereocenters. The molecule has 19 heavy (non-hydrogen) atoms. The van der Waals surface area contributed by atoms with Crippen molar-refractivity contribution < 1.29 is 4.52 Å². The van der Waals surface area contributed by atoms with Crippen LogP contribution in [-0.2, 0) is 12.3 Å². The van der Waals surface area contributed by atoms with Crippen LogP contribution in [0.25, 0.3) is 0 Å². The number of aromatic nitrogens is 2. The third-order valence-electron chi connectivity index (χ3n) is 2.66. The van der Waals surface area contributed by atoms with Crippen molar-refractivity contribution in [1.82, 2.24) is 15.5 Å². The first-order chi connectivity index (χ1) is 9.29. The third-order valence-corrected chi connectivity index (χ3v) is 3.84. The molecule has 2 aromatic rings. The van der Waals surface area contributed by atoms with E-state index in [1.54, 1.807) is 11.8 Å². The number of hydrogen-bond acceptors (Lipinski definition) is 5. The second-order valence-corrected chi connectivity index (χ2v) is 5.35. The predicted octanol–water partition coefficient (Wildman–Crippen LogP) is 3.17. The zero-order valence-electron chi connectivity index (χ0n) is 11.3. The molecule has 102 valence electrons. The first-order valence-electron chi connectivity index (χ1n) is 6.50. The summed E-state index contributed by atoms with van der Waals surface area (Å²) in [4.78, 5) is 5.63. The lowest BCUT2D eigenvalue weighted by Gasteiger charge is -2.01. The fourth-order valence-corrected chi connectivity index (χ4v) is 2.53. The van der Waals surface area contributed by atoms with Crippen molar-refractivity contribution >= 4 is 11.8 Å². The van der Waals surface area contributed by atoms with Crippen molar-refractivity contribution in [2.75, 3.05) is 6.54 Å². The van der Waals surface area contributed by atoms with Gasteiger partial charge in [0.15, 0.2) is 5.82 Å². The van der Waals surface area contributed by atoms with E-state index >= 15 is 0 Å². The standard InChI is InChI=1S/C14H19N3OS/c1-3-8-15-9-14-16-13(17-18-14)10-19-12-7-5-4-6-11(12)2/h4-7,15H,3,8-10H2,1-2H3. The number of rotatable bonds is 7. The summed E-state index contributed by atoms with van der Waals surface area (Å²) in [6.45, 7) is 5.86. The number of aryl methyl sites for hydroxylation is 1. The lowest BCUT2D eigenvalue weighted by Crippen LogP contribution is -2.13. The molecule has 0 saturated carbocycles. The van der Waals surface area contributed by atoms with E-state index < -0.39 is 0 Å². The lowest BCUT2D eigenvalue weighted by molar-refractivity contribution is 0.364. The molecule has 1 aromatic carbocycles. The van der Waals surface area contributed by atoms with Crippen LogP contribution in [0.5, 0.6) is 0 Å². The van der Waals surface area contributed by atoms with Gasteiger partial charge in [0.2, 0.25) is 5.89 Å². The van der Waals surface area contributed by atoms with Crippen LogP contribution in [0.15, 0.2) is 33.7 Å². The second-order valence-electron chi connectivity index (χ2n) is 4.34. The van der Waals surface area contributed by atoms with E-state index in [1.165, 1.54) is 10.5 Å². The van der Waals surface area contributed by atoms with Gasteiger partial charge in [-0.25, -0.2) is 0 Å². The first-order valence-corrected chi connectivity index (χ1v) is 7.48. The summed E-state index contributed by atoms with van der Waals surface area (Å²) in [6.07, 6.45) is 1.10. The smallest absolute Gasteiger partial charge is 0.240 e. The van der Waals surface area contributed by atoms with Crippen LogP contribution in [0.3, 0.4) is 0 Å². The second kappa shape index (κ2) is 7.31. The third kappa shape index (κ3) is 4.36. The molecule has 2 rings (SSSR count). The van der Waals surface area contributed by atoms with Gasteiger partial charge in [-0.05, 0) is 31.5 Å². The summed E-state index contributed by atoms with van der Waals surface area (Å²) >= 11 is 1.74. The average Bonchev–Trinajstić information content (AvgIpc) is 2.86. The molecule has 4 nitrogen and oxygen atoms in total. The van der Waals surface area contributed by atoms with Crippen molar-refractivity contribution in [3.05, 3.63) is 41.5 Å². The van der Waals surface area contributed by atoms with Gasteiger partial charge in [-0.2, -0.15) is 4.98 Å². The summed E-state index contributed by atoms with van der Waals surface area (Å²) in [5.74, 6) is 2.15. The Morgan fingerprint density at radius 3 is 2.95 bits per heavy atom. The maximum Gasteiger partial charge on any atom is 0.240 e. The van der Waals surface area contributed by atoms with Crippen molar-refractivity contribution in [2.45, 2.75) is 37.5 Å². The molecular formula is C14H19N3OS. The highest BCUT2D eigenvalue weighted by Crippen LogP contribution is 2.24. The molecule has 1 heterocycles. The van der Waals surface area contributed by atoms with Gasteiger partial charge in [0, 0.05) is 4.90 Å². The van der Waals surface area contributed by atoms with Gasteiger partial charge in [0.05, 0.1) is 12.3 Å². The Morgan fingerprint density at radius 1 is 1.32 bits per heavy atom. The summed E-state index contributed by atoms with van der Waals surface area (Å²) < 4.78 is 5.19. The molecule has 1 aromatic heterocycles. The Morgan fingerprint density at radius 2 is 2.16 bits per heavy atom.